The summed E-state index contributed by atoms with van der Waals surface area (Å²) in [6, 6.07) is 18.3. The van der Waals surface area contributed by atoms with Crippen molar-refractivity contribution in [2.45, 2.75) is 79.1 Å². The van der Waals surface area contributed by atoms with Gasteiger partial charge in [-0.2, -0.15) is 0 Å². The molecule has 0 aliphatic heterocycles. The summed E-state index contributed by atoms with van der Waals surface area (Å²) in [6.45, 7) is 18.3. The summed E-state index contributed by atoms with van der Waals surface area (Å²) < 4.78 is 9.60. The fourth-order valence-corrected chi connectivity index (χ4v) is 7.74. The second kappa shape index (κ2) is 22.0. The van der Waals surface area contributed by atoms with Gasteiger partial charge in [0.05, 0.1) is 44.0 Å². The van der Waals surface area contributed by atoms with Gasteiger partial charge >= 0.3 is 12.2 Å². The van der Waals surface area contributed by atoms with Crippen LogP contribution in [0.1, 0.15) is 78.6 Å². The van der Waals surface area contributed by atoms with E-state index in [-0.39, 0.29) is 35.6 Å². The number of aromatic amines is 2. The first-order valence-electron chi connectivity index (χ1n) is 21.7. The van der Waals surface area contributed by atoms with Gasteiger partial charge < -0.3 is 44.9 Å². The van der Waals surface area contributed by atoms with Crippen LogP contribution in [0.4, 0.5) is 9.59 Å². The van der Waals surface area contributed by atoms with Crippen LogP contribution in [0.15, 0.2) is 90.7 Å². The summed E-state index contributed by atoms with van der Waals surface area (Å²) in [5, 5.41) is 7.53. The van der Waals surface area contributed by atoms with Gasteiger partial charge in [-0.1, -0.05) is 96.1 Å². The number of hydrogen-bond acceptors (Lipinski definition) is 9. The number of imidazole rings is 2. The first-order valence-corrected chi connectivity index (χ1v) is 21.7. The number of carbonyl (C=O) groups excluding carboxylic acids is 4. The van der Waals surface area contributed by atoms with E-state index in [0.717, 1.165) is 50.8 Å². The van der Waals surface area contributed by atoms with Crippen LogP contribution in [0.3, 0.4) is 0 Å². The lowest BCUT2D eigenvalue weighted by Gasteiger charge is -2.34. The fraction of sp³-hybridized carbons (Fsp3) is 0.408. The summed E-state index contributed by atoms with van der Waals surface area (Å²) >= 11 is 0. The molecule has 0 radical (unpaired) electrons. The number of rotatable bonds is 19. The molecule has 4 N–H and O–H groups in total. The van der Waals surface area contributed by atoms with Crippen LogP contribution in [0.2, 0.25) is 0 Å². The standard InChI is InChI=1S/C49H63N9O6/c1-12-22-57(46(59)42(29(3)4)55-48(61)63-10)32(8)44-51-27-40(53-44)38-21-20-36-23-35(18-19-37(36)24-38)33-14-16-34(17-15-33)39-26-52-45(54-39)41(13-2)58(28-31(7)25-50-9)47(60)43(30(5)6)56-49(62)64-11/h13-21,23-27,29-32,41-43H,2,12,22,28H2,1,3-11H3,(H,51,53)(H,52,54)(H,55,61)(H,56,62). The third-order valence-electron chi connectivity index (χ3n) is 11.3. The largest absolute Gasteiger partial charge is 0.453 e. The molecule has 2 aromatic heterocycles. The summed E-state index contributed by atoms with van der Waals surface area (Å²) in [6.07, 6.45) is 6.41. The lowest BCUT2D eigenvalue weighted by molar-refractivity contribution is -0.137. The molecule has 64 heavy (non-hydrogen) atoms. The number of methoxy groups -OCH3 is 2. The summed E-state index contributed by atoms with van der Waals surface area (Å²) in [7, 11) is 4.24. The Morgan fingerprint density at radius 2 is 1.20 bits per heavy atom. The summed E-state index contributed by atoms with van der Waals surface area (Å²) in [5.41, 5.74) is 5.59. The highest BCUT2D eigenvalue weighted by Gasteiger charge is 2.35. The van der Waals surface area contributed by atoms with Gasteiger partial charge in [-0.15, -0.1) is 6.58 Å². The van der Waals surface area contributed by atoms with Crippen molar-refractivity contribution in [2.24, 2.45) is 22.7 Å². The number of fused-ring (bicyclic) bond motifs is 1. The van der Waals surface area contributed by atoms with Gasteiger partial charge in [0.1, 0.15) is 29.8 Å². The van der Waals surface area contributed by atoms with E-state index in [1.807, 2.05) is 60.6 Å². The molecule has 0 spiro atoms. The van der Waals surface area contributed by atoms with Crippen molar-refractivity contribution in [1.82, 2.24) is 40.4 Å². The third-order valence-corrected chi connectivity index (χ3v) is 11.3. The molecule has 4 amide bonds. The fourth-order valence-electron chi connectivity index (χ4n) is 7.74. The van der Waals surface area contributed by atoms with Crippen LogP contribution in [0.5, 0.6) is 0 Å². The molecule has 5 unspecified atom stereocenters. The van der Waals surface area contributed by atoms with Gasteiger partial charge in [0.15, 0.2) is 0 Å². The number of aliphatic imine (C=N–C) groups is 1. The molecule has 0 saturated heterocycles. The number of aromatic nitrogens is 4. The van der Waals surface area contributed by atoms with Crippen molar-refractivity contribution in [1.29, 1.82) is 0 Å². The number of nitrogens with one attached hydrogen (secondary N) is 4. The second-order valence-corrected chi connectivity index (χ2v) is 16.7. The first kappa shape index (κ1) is 48.3. The molecular formula is C49H63N9O6. The molecule has 0 aliphatic rings. The van der Waals surface area contributed by atoms with E-state index in [1.165, 1.54) is 14.2 Å². The summed E-state index contributed by atoms with van der Waals surface area (Å²) in [5.74, 6) is 0.285. The van der Waals surface area contributed by atoms with E-state index in [0.29, 0.717) is 24.7 Å². The molecule has 5 rings (SSSR count). The van der Waals surface area contributed by atoms with E-state index in [1.54, 1.807) is 41.5 Å². The van der Waals surface area contributed by atoms with Crippen LogP contribution in [-0.4, -0.2) is 106 Å². The van der Waals surface area contributed by atoms with E-state index in [9.17, 15) is 19.2 Å². The molecular weight excluding hydrogens is 811 g/mol. The molecule has 0 saturated carbocycles. The minimum absolute atomic E-state index is 0.0783. The van der Waals surface area contributed by atoms with Crippen molar-refractivity contribution in [3.8, 4) is 33.6 Å². The average molecular weight is 874 g/mol. The molecule has 15 heteroatoms. The molecule has 0 bridgehead atoms. The molecule has 0 aliphatic carbocycles. The van der Waals surface area contributed by atoms with Crippen LogP contribution in [0, 0.1) is 17.8 Å². The Kier molecular flexibility index (Phi) is 16.6. The van der Waals surface area contributed by atoms with Crippen molar-refractivity contribution in [2.75, 3.05) is 34.4 Å². The Labute approximate surface area is 376 Å². The third kappa shape index (κ3) is 11.4. The number of benzene rings is 3. The predicted octanol–water partition coefficient (Wildman–Crippen LogP) is 8.74. The van der Waals surface area contributed by atoms with Crippen molar-refractivity contribution in [3.05, 3.63) is 97.4 Å². The Hall–Kier alpha value is -6.77. The maximum absolute atomic E-state index is 14.1. The van der Waals surface area contributed by atoms with Gasteiger partial charge in [0.2, 0.25) is 11.8 Å². The Bertz CT molecular complexity index is 2420. The SMILES string of the molecule is C=CC(c1ncc(-c2ccc(-c3ccc4cc(-c5cnc(C(C)N(CCC)C(=O)C(NC(=O)OC)C(C)C)[nH]5)ccc4c3)cc2)[nH]1)N(CC(C)C=NC)C(=O)C(NC(=O)OC)C(C)C. The zero-order valence-electron chi connectivity index (χ0n) is 38.6. The van der Waals surface area contributed by atoms with Crippen LogP contribution in [0.25, 0.3) is 44.4 Å². The minimum atomic E-state index is -0.830. The van der Waals surface area contributed by atoms with Gasteiger partial charge in [0, 0.05) is 37.8 Å². The first-order chi connectivity index (χ1) is 30.6. The number of H-pyrrole nitrogens is 2. The predicted molar refractivity (Wildman–Crippen MR) is 252 cm³/mol. The van der Waals surface area contributed by atoms with Gasteiger partial charge in [-0.25, -0.2) is 19.6 Å². The van der Waals surface area contributed by atoms with Crippen LogP contribution < -0.4 is 10.6 Å². The quantitative estimate of drug-likeness (QED) is 0.0468. The van der Waals surface area contributed by atoms with Gasteiger partial charge in [-0.05, 0) is 64.8 Å². The zero-order valence-corrected chi connectivity index (χ0v) is 38.6. The van der Waals surface area contributed by atoms with Crippen LogP contribution in [-0.2, 0) is 19.1 Å². The normalized spacial score (nSPS) is 13.9. The number of nitrogens with zero attached hydrogens (tertiary/aromatic N) is 5. The number of amides is 4. The summed E-state index contributed by atoms with van der Waals surface area (Å²) in [4.78, 5) is 75.9. The highest BCUT2D eigenvalue weighted by atomic mass is 16.5. The maximum Gasteiger partial charge on any atom is 0.407 e. The number of alkyl carbamates (subject to hydrolysis) is 2. The van der Waals surface area contributed by atoms with Crippen molar-refractivity contribution in [3.63, 3.8) is 0 Å². The second-order valence-electron chi connectivity index (χ2n) is 16.7. The highest BCUT2D eigenvalue weighted by molar-refractivity contribution is 5.91. The smallest absolute Gasteiger partial charge is 0.407 e. The molecule has 3 aromatic carbocycles. The molecule has 340 valence electrons. The molecule has 5 aromatic rings. The Morgan fingerprint density at radius 3 is 1.73 bits per heavy atom. The monoisotopic (exact) mass is 873 g/mol. The minimum Gasteiger partial charge on any atom is -0.453 e. The number of hydrogen-bond donors (Lipinski definition) is 4. The lowest BCUT2D eigenvalue weighted by atomic mass is 9.98. The Morgan fingerprint density at radius 1 is 0.719 bits per heavy atom. The van der Waals surface area contributed by atoms with E-state index in [4.69, 9.17) is 14.5 Å². The van der Waals surface area contributed by atoms with E-state index >= 15 is 0 Å². The van der Waals surface area contributed by atoms with E-state index in [2.05, 4.69) is 85.7 Å². The Balaban J connectivity index is 1.33. The van der Waals surface area contributed by atoms with Crippen LogP contribution >= 0.6 is 0 Å². The topological polar surface area (TPSA) is 187 Å². The zero-order chi connectivity index (χ0) is 46.7. The average Bonchev–Trinajstić information content (AvgIpc) is 3.99. The number of ether oxygens (including phenoxy) is 2. The molecule has 0 fully saturated rings. The molecule has 2 heterocycles. The highest BCUT2D eigenvalue weighted by Crippen LogP contribution is 2.32. The number of carbonyl (C=O) groups is 4. The van der Waals surface area contributed by atoms with Gasteiger partial charge in [-0.3, -0.25) is 9.59 Å². The molecule has 5 atom stereocenters. The maximum atomic E-state index is 14.1. The van der Waals surface area contributed by atoms with Gasteiger partial charge in [0.25, 0.3) is 0 Å². The van der Waals surface area contributed by atoms with Crippen molar-refractivity contribution >= 4 is 41.0 Å². The lowest BCUT2D eigenvalue weighted by Crippen LogP contribution is -2.53. The van der Waals surface area contributed by atoms with Crippen molar-refractivity contribution < 1.29 is 28.7 Å². The van der Waals surface area contributed by atoms with E-state index < -0.39 is 30.3 Å². The molecule has 15 nitrogen and oxygen atoms in total.